The van der Waals surface area contributed by atoms with Crippen LogP contribution in [0.5, 0.6) is 0 Å². The molecule has 2 aromatic rings. The number of rotatable bonds is 7. The third kappa shape index (κ3) is 5.45. The average molecular weight is 465 g/mol. The molecule has 7 nitrogen and oxygen atoms in total. The van der Waals surface area contributed by atoms with Crippen molar-refractivity contribution in [1.82, 2.24) is 9.97 Å². The summed E-state index contributed by atoms with van der Waals surface area (Å²) < 4.78 is 0. The van der Waals surface area contributed by atoms with Gasteiger partial charge in [-0.05, 0) is 74.8 Å². The van der Waals surface area contributed by atoms with E-state index in [4.69, 9.17) is 15.7 Å². The highest BCUT2D eigenvalue weighted by Crippen LogP contribution is 2.33. The zero-order chi connectivity index (χ0) is 24.2. The molecule has 1 heterocycles. The van der Waals surface area contributed by atoms with E-state index in [1.54, 1.807) is 4.90 Å². The van der Waals surface area contributed by atoms with E-state index in [9.17, 15) is 4.79 Å². The molecule has 1 saturated carbocycles. The number of hydrogen-bond donors (Lipinski definition) is 2. The molecule has 0 saturated heterocycles. The fourth-order valence-electron chi connectivity index (χ4n) is 5.47. The standard InChI is InChI=1S/C27H40N6O/c1-18(2)21-9-6-8-12-24(21)33(26(28)34)17-19-13-15-20(16-14-19)29-27-30-23-11-7-5-10-22(23)25(31-27)32(3)4/h6,8-9,12,18-20H,5,7,10-11,13-17H2,1-4H3,(H2,28,34)(H,29,30,31). The van der Waals surface area contributed by atoms with Gasteiger partial charge in [0.2, 0.25) is 5.95 Å². The van der Waals surface area contributed by atoms with Gasteiger partial charge in [0, 0.05) is 37.9 Å². The minimum Gasteiger partial charge on any atom is -0.362 e. The van der Waals surface area contributed by atoms with E-state index < -0.39 is 0 Å². The number of aromatic nitrogens is 2. The maximum Gasteiger partial charge on any atom is 0.319 e. The first-order valence-electron chi connectivity index (χ1n) is 12.8. The first-order valence-corrected chi connectivity index (χ1v) is 12.8. The van der Waals surface area contributed by atoms with Crippen LogP contribution in [-0.4, -0.2) is 42.7 Å². The summed E-state index contributed by atoms with van der Waals surface area (Å²) in [5.74, 6) is 2.59. The van der Waals surface area contributed by atoms with Gasteiger partial charge in [-0.25, -0.2) is 9.78 Å². The molecule has 7 heteroatoms. The first-order chi connectivity index (χ1) is 16.3. The number of urea groups is 1. The monoisotopic (exact) mass is 464 g/mol. The van der Waals surface area contributed by atoms with Crippen molar-refractivity contribution >= 4 is 23.5 Å². The molecule has 0 spiro atoms. The molecule has 0 unspecified atom stereocenters. The predicted octanol–water partition coefficient (Wildman–Crippen LogP) is 5.10. The van der Waals surface area contributed by atoms with Crippen molar-refractivity contribution in [3.63, 3.8) is 0 Å². The van der Waals surface area contributed by atoms with E-state index in [0.717, 1.165) is 61.5 Å². The van der Waals surface area contributed by atoms with Gasteiger partial charge in [-0.1, -0.05) is 32.0 Å². The fourth-order valence-corrected chi connectivity index (χ4v) is 5.47. The van der Waals surface area contributed by atoms with Crippen LogP contribution in [0, 0.1) is 5.92 Å². The van der Waals surface area contributed by atoms with E-state index in [0.29, 0.717) is 24.4 Å². The normalized spacial score (nSPS) is 20.0. The minimum atomic E-state index is -0.368. The van der Waals surface area contributed by atoms with Crippen molar-refractivity contribution < 1.29 is 4.79 Å². The Morgan fingerprint density at radius 1 is 1.09 bits per heavy atom. The SMILES string of the molecule is CC(C)c1ccccc1N(CC1CCC(Nc2nc3c(c(N(C)C)n2)CCCC3)CC1)C(N)=O. The second kappa shape index (κ2) is 10.6. The molecule has 0 atom stereocenters. The molecule has 2 amide bonds. The molecule has 4 rings (SSSR count). The minimum absolute atomic E-state index is 0.335. The number of carbonyl (C=O) groups is 1. The lowest BCUT2D eigenvalue weighted by Gasteiger charge is -2.33. The number of fused-ring (bicyclic) bond motifs is 1. The Kier molecular flexibility index (Phi) is 7.59. The molecule has 1 aromatic heterocycles. The number of hydrogen-bond acceptors (Lipinski definition) is 5. The fraction of sp³-hybridized carbons (Fsp3) is 0.593. The first kappa shape index (κ1) is 24.3. The number of carbonyl (C=O) groups excluding carboxylic acids is 1. The maximum absolute atomic E-state index is 12.4. The van der Waals surface area contributed by atoms with Crippen molar-refractivity contribution in [2.24, 2.45) is 11.7 Å². The van der Waals surface area contributed by atoms with Crippen molar-refractivity contribution in [2.45, 2.75) is 77.2 Å². The number of aryl methyl sites for hydroxylation is 1. The van der Waals surface area contributed by atoms with E-state index in [1.807, 2.05) is 18.2 Å². The molecule has 3 N–H and O–H groups in total. The Morgan fingerprint density at radius 3 is 2.47 bits per heavy atom. The van der Waals surface area contributed by atoms with Gasteiger partial charge in [-0.3, -0.25) is 4.90 Å². The van der Waals surface area contributed by atoms with E-state index in [-0.39, 0.29) is 6.03 Å². The molecule has 2 aliphatic rings. The summed E-state index contributed by atoms with van der Waals surface area (Å²) in [5.41, 5.74) is 10.5. The van der Waals surface area contributed by atoms with Gasteiger partial charge in [0.25, 0.3) is 0 Å². The third-order valence-corrected chi connectivity index (χ3v) is 7.32. The summed E-state index contributed by atoms with van der Waals surface area (Å²) in [7, 11) is 4.13. The van der Waals surface area contributed by atoms with Gasteiger partial charge in [0.1, 0.15) is 5.82 Å². The van der Waals surface area contributed by atoms with Crippen LogP contribution < -0.4 is 20.9 Å². The molecule has 0 bridgehead atoms. The number of amides is 2. The maximum atomic E-state index is 12.4. The van der Waals surface area contributed by atoms with Crippen LogP contribution in [0.1, 0.15) is 75.1 Å². The van der Waals surface area contributed by atoms with Gasteiger partial charge >= 0.3 is 6.03 Å². The predicted molar refractivity (Wildman–Crippen MR) is 140 cm³/mol. The summed E-state index contributed by atoms with van der Waals surface area (Å²) in [4.78, 5) is 26.0. The van der Waals surface area contributed by atoms with Crippen molar-refractivity contribution in [2.75, 3.05) is 35.8 Å². The van der Waals surface area contributed by atoms with E-state index in [2.05, 4.69) is 44.2 Å². The Bertz CT molecular complexity index is 997. The largest absolute Gasteiger partial charge is 0.362 e. The number of benzene rings is 1. The van der Waals surface area contributed by atoms with Crippen LogP contribution in [0.4, 0.5) is 22.2 Å². The van der Waals surface area contributed by atoms with Crippen molar-refractivity contribution in [3.8, 4) is 0 Å². The number of nitrogens with zero attached hydrogens (tertiary/aromatic N) is 4. The lowest BCUT2D eigenvalue weighted by Crippen LogP contribution is -2.41. The Labute approximate surface area is 204 Å². The second-order valence-electron chi connectivity index (χ2n) is 10.4. The zero-order valence-electron chi connectivity index (χ0n) is 21.2. The van der Waals surface area contributed by atoms with Crippen LogP contribution >= 0.6 is 0 Å². The van der Waals surface area contributed by atoms with Crippen molar-refractivity contribution in [1.29, 1.82) is 0 Å². The highest BCUT2D eigenvalue weighted by molar-refractivity contribution is 5.91. The highest BCUT2D eigenvalue weighted by atomic mass is 16.2. The Balaban J connectivity index is 1.40. The van der Waals surface area contributed by atoms with Gasteiger partial charge in [-0.2, -0.15) is 4.98 Å². The average Bonchev–Trinajstić information content (AvgIpc) is 2.82. The molecule has 2 aliphatic carbocycles. The topological polar surface area (TPSA) is 87.4 Å². The highest BCUT2D eigenvalue weighted by Gasteiger charge is 2.27. The smallest absolute Gasteiger partial charge is 0.319 e. The number of primary amides is 1. The number of para-hydroxylation sites is 1. The molecular formula is C27H40N6O. The summed E-state index contributed by atoms with van der Waals surface area (Å²) in [5, 5.41) is 3.62. The van der Waals surface area contributed by atoms with Crippen molar-refractivity contribution in [3.05, 3.63) is 41.1 Å². The number of anilines is 3. The number of nitrogens with one attached hydrogen (secondary N) is 1. The third-order valence-electron chi connectivity index (χ3n) is 7.32. The molecule has 1 aromatic carbocycles. The molecule has 0 aliphatic heterocycles. The van der Waals surface area contributed by atoms with Crippen LogP contribution in [0.3, 0.4) is 0 Å². The Morgan fingerprint density at radius 2 is 1.79 bits per heavy atom. The van der Waals surface area contributed by atoms with E-state index in [1.165, 1.54) is 24.1 Å². The summed E-state index contributed by atoms with van der Waals surface area (Å²) in [6.07, 6.45) is 8.73. The van der Waals surface area contributed by atoms with Gasteiger partial charge < -0.3 is 16.0 Å². The van der Waals surface area contributed by atoms with Crippen LogP contribution in [-0.2, 0) is 12.8 Å². The van der Waals surface area contributed by atoms with Gasteiger partial charge in [0.15, 0.2) is 0 Å². The summed E-state index contributed by atoms with van der Waals surface area (Å²) in [6, 6.07) is 8.11. The second-order valence-corrected chi connectivity index (χ2v) is 10.4. The van der Waals surface area contributed by atoms with Crippen LogP contribution in [0.2, 0.25) is 0 Å². The number of nitrogens with two attached hydrogens (primary N) is 1. The summed E-state index contributed by atoms with van der Waals surface area (Å²) in [6.45, 7) is 4.98. The van der Waals surface area contributed by atoms with Crippen LogP contribution in [0.25, 0.3) is 0 Å². The molecular weight excluding hydrogens is 424 g/mol. The lowest BCUT2D eigenvalue weighted by molar-refractivity contribution is 0.250. The zero-order valence-corrected chi connectivity index (χ0v) is 21.2. The van der Waals surface area contributed by atoms with Gasteiger partial charge in [-0.15, -0.1) is 0 Å². The van der Waals surface area contributed by atoms with Crippen LogP contribution in [0.15, 0.2) is 24.3 Å². The molecule has 0 radical (unpaired) electrons. The lowest BCUT2D eigenvalue weighted by atomic mass is 9.85. The molecule has 1 fully saturated rings. The molecule has 184 valence electrons. The quantitative estimate of drug-likeness (QED) is 0.595. The Hall–Kier alpha value is -2.83. The van der Waals surface area contributed by atoms with E-state index >= 15 is 0 Å². The summed E-state index contributed by atoms with van der Waals surface area (Å²) >= 11 is 0. The van der Waals surface area contributed by atoms with Gasteiger partial charge in [0.05, 0.1) is 5.69 Å². The molecule has 34 heavy (non-hydrogen) atoms.